The Hall–Kier alpha value is -3.09. The predicted molar refractivity (Wildman–Crippen MR) is 174 cm³/mol. The minimum Gasteiger partial charge on any atom is -0.341 e. The molecule has 2 aromatic heterocycles. The molecule has 0 unspecified atom stereocenters. The Labute approximate surface area is 256 Å². The van der Waals surface area contributed by atoms with Gasteiger partial charge < -0.3 is 4.57 Å². The van der Waals surface area contributed by atoms with E-state index in [2.05, 4.69) is 64.6 Å². The zero-order chi connectivity index (χ0) is 30.2. The van der Waals surface area contributed by atoms with E-state index >= 15 is 0 Å². The van der Waals surface area contributed by atoms with Crippen molar-refractivity contribution >= 4 is 75.7 Å². The van der Waals surface area contributed by atoms with Gasteiger partial charge in [0.25, 0.3) is 15.1 Å². The Morgan fingerprint density at radius 1 is 0.884 bits per heavy atom. The van der Waals surface area contributed by atoms with Crippen LogP contribution in [0.2, 0.25) is 0 Å². The molecule has 0 bridgehead atoms. The first-order valence-corrected chi connectivity index (χ1v) is 18.6. The van der Waals surface area contributed by atoms with Gasteiger partial charge in [-0.15, -0.1) is 0 Å². The first-order valence-electron chi connectivity index (χ1n) is 14.8. The number of nitrogens with zero attached hydrogens (tertiary/aromatic N) is 3. The normalized spacial score (nSPS) is 15.4. The zero-order valence-electron chi connectivity index (χ0n) is 24.1. The highest BCUT2D eigenvalue weighted by molar-refractivity contribution is 7.89. The van der Waals surface area contributed by atoms with Gasteiger partial charge in [0.15, 0.2) is 6.54 Å². The van der Waals surface area contributed by atoms with Crippen molar-refractivity contribution in [2.24, 2.45) is 0 Å². The number of para-hydroxylation sites is 1. The molecule has 6 rings (SSSR count). The minimum absolute atomic E-state index is 0.287. The van der Waals surface area contributed by atoms with Crippen LogP contribution in [0.25, 0.3) is 44.2 Å². The van der Waals surface area contributed by atoms with E-state index in [1.807, 2.05) is 12.1 Å². The van der Waals surface area contributed by atoms with Gasteiger partial charge in [-0.25, -0.2) is 8.42 Å². The molecule has 1 saturated heterocycles. The highest BCUT2D eigenvalue weighted by Crippen LogP contribution is 2.31. The van der Waals surface area contributed by atoms with Gasteiger partial charge in [0, 0.05) is 60.0 Å². The third-order valence-corrected chi connectivity index (χ3v) is 12.0. The summed E-state index contributed by atoms with van der Waals surface area (Å²) in [6.45, 7) is 4.67. The zero-order valence-corrected chi connectivity index (χ0v) is 26.6. The molecule has 0 aliphatic carbocycles. The van der Waals surface area contributed by atoms with Crippen molar-refractivity contribution in [1.29, 1.82) is 0 Å². The van der Waals surface area contributed by atoms with Gasteiger partial charge in [-0.1, -0.05) is 42.0 Å². The SMILES string of the molecule is CCn1c2ccccc2c2cc(C=Cc3sc4cc(S(=O)(=O)N5CCCCC5)ccc4[n+]3CCCCS(=O)(=O)O)ccc21. The van der Waals surface area contributed by atoms with Crippen LogP contribution in [0.1, 0.15) is 49.6 Å². The minimum atomic E-state index is -4.02. The van der Waals surface area contributed by atoms with Gasteiger partial charge in [-0.3, -0.25) is 4.55 Å². The summed E-state index contributed by atoms with van der Waals surface area (Å²) in [6, 6.07) is 20.2. The predicted octanol–water partition coefficient (Wildman–Crippen LogP) is 6.33. The van der Waals surface area contributed by atoms with E-state index in [0.29, 0.717) is 37.4 Å². The lowest BCUT2D eigenvalue weighted by Gasteiger charge is -2.25. The van der Waals surface area contributed by atoms with Crippen molar-refractivity contribution in [3.05, 3.63) is 71.2 Å². The van der Waals surface area contributed by atoms with Crippen LogP contribution < -0.4 is 4.57 Å². The molecule has 1 aliphatic heterocycles. The highest BCUT2D eigenvalue weighted by Gasteiger charge is 2.28. The van der Waals surface area contributed by atoms with Crippen LogP contribution >= 0.6 is 11.3 Å². The number of fused-ring (bicyclic) bond motifs is 4. The molecule has 8 nitrogen and oxygen atoms in total. The van der Waals surface area contributed by atoms with Gasteiger partial charge in [-0.2, -0.15) is 17.3 Å². The summed E-state index contributed by atoms with van der Waals surface area (Å²) in [4.78, 5) is 0.301. The number of thiazole rings is 1. The molecule has 0 saturated carbocycles. The molecule has 5 aromatic rings. The number of sulfonamides is 1. The number of hydrogen-bond donors (Lipinski definition) is 1. The maximum atomic E-state index is 13.4. The third-order valence-electron chi connectivity index (χ3n) is 8.22. The first-order chi connectivity index (χ1) is 20.7. The molecule has 0 amide bonds. The lowest BCUT2D eigenvalue weighted by molar-refractivity contribution is -0.669. The monoisotopic (exact) mass is 638 g/mol. The smallest absolute Gasteiger partial charge is 0.264 e. The number of benzene rings is 3. The van der Waals surface area contributed by atoms with Crippen LogP contribution in [0.5, 0.6) is 0 Å². The maximum Gasteiger partial charge on any atom is 0.264 e. The topological polar surface area (TPSA) is 101 Å². The molecule has 0 atom stereocenters. The molecule has 3 aromatic carbocycles. The number of rotatable bonds is 10. The molecule has 0 radical (unpaired) electrons. The summed E-state index contributed by atoms with van der Waals surface area (Å²) in [7, 11) is -7.60. The standard InChI is InChI=1S/C32H35N3O5S3/c1-2-34-28-11-5-4-10-26(28)27-22-24(12-15-29(27)34)13-17-32-35(20-8-9-21-42(36,37)38)30-16-14-25(23-31(30)41-32)43(39,40)33-18-6-3-7-19-33/h4-5,10-17,22-23H,2-3,6-9,18-21H2,1H3/p+1. The molecule has 1 fully saturated rings. The fourth-order valence-electron chi connectivity index (χ4n) is 6.09. The van der Waals surface area contributed by atoms with Crippen molar-refractivity contribution in [3.8, 4) is 0 Å². The van der Waals surface area contributed by atoms with E-state index in [4.69, 9.17) is 0 Å². The van der Waals surface area contributed by atoms with E-state index in [9.17, 15) is 21.4 Å². The van der Waals surface area contributed by atoms with Crippen LogP contribution in [0, 0.1) is 0 Å². The van der Waals surface area contributed by atoms with Crippen LogP contribution in [0.15, 0.2) is 65.6 Å². The lowest BCUT2D eigenvalue weighted by atomic mass is 10.1. The molecule has 3 heterocycles. The molecule has 1 N–H and O–H groups in total. The van der Waals surface area contributed by atoms with Gasteiger partial charge >= 0.3 is 0 Å². The second-order valence-corrected chi connectivity index (χ2v) is 15.6. The molecule has 0 spiro atoms. The molecule has 43 heavy (non-hydrogen) atoms. The summed E-state index contributed by atoms with van der Waals surface area (Å²) >= 11 is 1.52. The van der Waals surface area contributed by atoms with Crippen molar-refractivity contribution in [2.75, 3.05) is 18.8 Å². The van der Waals surface area contributed by atoms with Crippen molar-refractivity contribution < 1.29 is 26.0 Å². The Morgan fingerprint density at radius 2 is 1.65 bits per heavy atom. The van der Waals surface area contributed by atoms with E-state index < -0.39 is 20.1 Å². The second kappa shape index (κ2) is 12.1. The second-order valence-electron chi connectivity index (χ2n) is 11.1. The van der Waals surface area contributed by atoms with E-state index in [1.165, 1.54) is 33.1 Å². The summed E-state index contributed by atoms with van der Waals surface area (Å²) < 4.78 is 65.4. The number of aromatic nitrogens is 2. The van der Waals surface area contributed by atoms with E-state index in [-0.39, 0.29) is 5.75 Å². The van der Waals surface area contributed by atoms with Crippen LogP contribution in [0.3, 0.4) is 0 Å². The number of aryl methyl sites for hydroxylation is 2. The van der Waals surface area contributed by atoms with Crippen molar-refractivity contribution in [1.82, 2.24) is 8.87 Å². The summed E-state index contributed by atoms with van der Waals surface area (Å²) in [6.07, 6.45) is 7.80. The Bertz CT molecular complexity index is 2050. The molecule has 1 aliphatic rings. The number of piperidine rings is 1. The molecular weight excluding hydrogens is 603 g/mol. The summed E-state index contributed by atoms with van der Waals surface area (Å²) in [5, 5.41) is 3.35. The average molecular weight is 639 g/mol. The fourth-order valence-corrected chi connectivity index (χ4v) is 9.41. The van der Waals surface area contributed by atoms with Gasteiger partial charge in [0.05, 0.1) is 10.6 Å². The Balaban J connectivity index is 1.37. The first kappa shape index (κ1) is 30.0. The lowest BCUT2D eigenvalue weighted by Crippen LogP contribution is -2.36. The average Bonchev–Trinajstić information content (AvgIpc) is 3.52. The van der Waals surface area contributed by atoms with E-state index in [0.717, 1.165) is 46.6 Å². The number of unbranched alkanes of at least 4 members (excludes halogenated alkanes) is 1. The van der Waals surface area contributed by atoms with Gasteiger partial charge in [0.2, 0.25) is 15.5 Å². The van der Waals surface area contributed by atoms with Crippen molar-refractivity contribution in [2.45, 2.75) is 57.0 Å². The summed E-state index contributed by atoms with van der Waals surface area (Å²) in [5.74, 6) is -0.287. The molecule has 11 heteroatoms. The van der Waals surface area contributed by atoms with Crippen LogP contribution in [-0.4, -0.2) is 49.1 Å². The highest BCUT2D eigenvalue weighted by atomic mass is 32.2. The van der Waals surface area contributed by atoms with Crippen molar-refractivity contribution in [3.63, 3.8) is 0 Å². The Morgan fingerprint density at radius 3 is 2.42 bits per heavy atom. The largest absolute Gasteiger partial charge is 0.341 e. The van der Waals surface area contributed by atoms with Crippen LogP contribution in [0.4, 0.5) is 0 Å². The fraction of sp³-hybridized carbons (Fsp3) is 0.344. The summed E-state index contributed by atoms with van der Waals surface area (Å²) in [5.41, 5.74) is 4.36. The molecular formula is C32H36N3O5S3+. The Kier molecular flexibility index (Phi) is 8.45. The van der Waals surface area contributed by atoms with Crippen LogP contribution in [-0.2, 0) is 33.2 Å². The van der Waals surface area contributed by atoms with Gasteiger partial charge in [0.1, 0.15) is 4.70 Å². The van der Waals surface area contributed by atoms with Gasteiger partial charge in [-0.05, 0) is 68.2 Å². The number of hydrogen-bond acceptors (Lipinski definition) is 5. The third kappa shape index (κ3) is 6.14. The maximum absolute atomic E-state index is 13.4. The molecule has 226 valence electrons. The quantitative estimate of drug-likeness (QED) is 0.110. The van der Waals surface area contributed by atoms with E-state index in [1.54, 1.807) is 16.4 Å².